The van der Waals surface area contributed by atoms with Gasteiger partial charge in [0.1, 0.15) is 12.2 Å². The normalized spacial score (nSPS) is 12.5. The first kappa shape index (κ1) is 30.4. The number of aliphatic hydroxyl groups is 2. The van der Waals surface area contributed by atoms with Gasteiger partial charge in [0.25, 0.3) is 0 Å². The summed E-state index contributed by atoms with van der Waals surface area (Å²) >= 11 is 0. The molecule has 0 fully saturated rings. The van der Waals surface area contributed by atoms with Gasteiger partial charge in [0, 0.05) is 0 Å². The topological polar surface area (TPSA) is 40.5 Å². The number of aliphatic hydroxyl groups excluding tert-OH is 2. The number of rotatable bonds is 8. The summed E-state index contributed by atoms with van der Waals surface area (Å²) in [5.41, 5.74) is 3.54. The van der Waals surface area contributed by atoms with Crippen molar-refractivity contribution in [2.75, 3.05) is 0 Å². The number of hydrogen-bond acceptors (Lipinski definition) is 2. The Morgan fingerprint density at radius 1 is 0.304 bits per heavy atom. The lowest BCUT2D eigenvalue weighted by Gasteiger charge is -2.38. The van der Waals surface area contributed by atoms with Crippen LogP contribution in [0.5, 0.6) is 0 Å². The average molecular weight is 595 g/mol. The van der Waals surface area contributed by atoms with E-state index in [0.717, 1.165) is 33.4 Å². The Bertz CT molecular complexity index is 1610. The summed E-state index contributed by atoms with van der Waals surface area (Å²) in [6, 6.07) is 59.8. The third-order valence-corrected chi connectivity index (χ3v) is 8.68. The van der Waals surface area contributed by atoms with E-state index < -0.39 is 23.0 Å². The van der Waals surface area contributed by atoms with Crippen molar-refractivity contribution in [3.63, 3.8) is 0 Å². The van der Waals surface area contributed by atoms with Gasteiger partial charge in [-0.15, -0.1) is 0 Å². The average Bonchev–Trinajstić information content (AvgIpc) is 3.14. The van der Waals surface area contributed by atoms with Crippen molar-refractivity contribution in [2.24, 2.45) is 0 Å². The molecule has 0 saturated heterocycles. The SMILES string of the molecule is O[C@H](C#CC#C[C@@H](O)C(c1ccccc1)(c1ccccc1)c1ccccc1)C(c1ccccc1)(c1ccccc1)c1ccccc1. The van der Waals surface area contributed by atoms with E-state index in [1.807, 2.05) is 182 Å². The second kappa shape index (κ2) is 14.0. The predicted molar refractivity (Wildman–Crippen MR) is 186 cm³/mol. The summed E-state index contributed by atoms with van der Waals surface area (Å²) in [5, 5.41) is 24.2. The molecule has 2 atom stereocenters. The van der Waals surface area contributed by atoms with Gasteiger partial charge < -0.3 is 10.2 Å². The molecule has 0 unspecified atom stereocenters. The van der Waals surface area contributed by atoms with E-state index in [9.17, 15) is 10.2 Å². The molecule has 46 heavy (non-hydrogen) atoms. The molecule has 0 saturated carbocycles. The Hall–Kier alpha value is -5.64. The van der Waals surface area contributed by atoms with Crippen molar-refractivity contribution in [3.05, 3.63) is 215 Å². The van der Waals surface area contributed by atoms with Crippen molar-refractivity contribution < 1.29 is 10.2 Å². The van der Waals surface area contributed by atoms with Gasteiger partial charge in [0.2, 0.25) is 0 Å². The van der Waals surface area contributed by atoms with Crippen molar-refractivity contribution >= 4 is 0 Å². The highest BCUT2D eigenvalue weighted by Gasteiger charge is 2.44. The second-order valence-electron chi connectivity index (χ2n) is 11.2. The monoisotopic (exact) mass is 594 g/mol. The minimum atomic E-state index is -1.15. The maximum absolute atomic E-state index is 12.1. The lowest BCUT2D eigenvalue weighted by Crippen LogP contribution is -2.41. The van der Waals surface area contributed by atoms with Crippen LogP contribution in [0.4, 0.5) is 0 Å². The first-order chi connectivity index (χ1) is 22.7. The van der Waals surface area contributed by atoms with Crippen LogP contribution in [-0.4, -0.2) is 22.4 Å². The molecule has 0 radical (unpaired) electrons. The van der Waals surface area contributed by atoms with Gasteiger partial charge in [-0.2, -0.15) is 0 Å². The molecule has 2 heteroatoms. The van der Waals surface area contributed by atoms with E-state index in [4.69, 9.17) is 0 Å². The van der Waals surface area contributed by atoms with Crippen molar-refractivity contribution in [1.29, 1.82) is 0 Å². The molecule has 0 aliphatic rings. The van der Waals surface area contributed by atoms with Crippen LogP contribution in [0.15, 0.2) is 182 Å². The molecule has 0 aromatic heterocycles. The second-order valence-corrected chi connectivity index (χ2v) is 11.2. The Morgan fingerprint density at radius 2 is 0.478 bits per heavy atom. The van der Waals surface area contributed by atoms with Gasteiger partial charge >= 0.3 is 0 Å². The van der Waals surface area contributed by atoms with E-state index in [1.165, 1.54) is 0 Å². The van der Waals surface area contributed by atoms with Crippen LogP contribution in [0.2, 0.25) is 0 Å². The fraction of sp³-hybridized carbons (Fsp3) is 0.0909. The van der Waals surface area contributed by atoms with Crippen LogP contribution < -0.4 is 0 Å². The molecule has 0 spiro atoms. The molecule has 6 aromatic rings. The lowest BCUT2D eigenvalue weighted by molar-refractivity contribution is 0.176. The van der Waals surface area contributed by atoms with E-state index in [0.29, 0.717) is 0 Å². The standard InChI is InChI=1S/C44H34O2/c45-41(43(35-21-7-1-8-22-35,36-23-9-2-10-24-36)37-25-11-3-12-26-37)33-19-20-34-42(46)44(38-27-13-4-14-28-38,39-29-15-5-16-30-39)40-31-17-6-18-32-40/h1-18,21-32,41-42,45-46H/t41-,42-/m1/s1. The van der Waals surface area contributed by atoms with E-state index in [-0.39, 0.29) is 0 Å². The largest absolute Gasteiger partial charge is 0.379 e. The van der Waals surface area contributed by atoms with Crippen LogP contribution in [0.25, 0.3) is 0 Å². The Morgan fingerprint density at radius 3 is 0.652 bits per heavy atom. The highest BCUT2D eigenvalue weighted by Crippen LogP contribution is 2.43. The minimum Gasteiger partial charge on any atom is -0.379 e. The van der Waals surface area contributed by atoms with Crippen LogP contribution in [0, 0.1) is 23.7 Å². The highest BCUT2D eigenvalue weighted by molar-refractivity contribution is 5.56. The molecule has 0 aliphatic carbocycles. The van der Waals surface area contributed by atoms with Gasteiger partial charge in [0.15, 0.2) is 0 Å². The zero-order valence-corrected chi connectivity index (χ0v) is 25.4. The van der Waals surface area contributed by atoms with E-state index >= 15 is 0 Å². The minimum absolute atomic E-state index is 0.915. The number of benzene rings is 6. The van der Waals surface area contributed by atoms with Gasteiger partial charge in [-0.05, 0) is 45.2 Å². The van der Waals surface area contributed by atoms with E-state index in [2.05, 4.69) is 23.7 Å². The van der Waals surface area contributed by atoms with Crippen LogP contribution in [0.1, 0.15) is 33.4 Å². The van der Waals surface area contributed by atoms with Gasteiger partial charge in [-0.25, -0.2) is 0 Å². The van der Waals surface area contributed by atoms with Crippen LogP contribution in [0.3, 0.4) is 0 Å². The summed E-state index contributed by atoms with van der Waals surface area (Å²) in [6.07, 6.45) is -2.29. The quantitative estimate of drug-likeness (QED) is 0.140. The third kappa shape index (κ3) is 5.65. The van der Waals surface area contributed by atoms with Crippen molar-refractivity contribution in [1.82, 2.24) is 0 Å². The molecule has 2 N–H and O–H groups in total. The molecule has 0 amide bonds. The highest BCUT2D eigenvalue weighted by atomic mass is 16.3. The maximum Gasteiger partial charge on any atom is 0.133 e. The zero-order chi connectivity index (χ0) is 31.7. The van der Waals surface area contributed by atoms with Gasteiger partial charge in [-0.1, -0.05) is 194 Å². The molecule has 222 valence electrons. The third-order valence-electron chi connectivity index (χ3n) is 8.68. The zero-order valence-electron chi connectivity index (χ0n) is 25.4. The number of hydrogen-bond donors (Lipinski definition) is 2. The van der Waals surface area contributed by atoms with Gasteiger partial charge in [-0.3, -0.25) is 0 Å². The molecular weight excluding hydrogens is 560 g/mol. The molecule has 0 bridgehead atoms. The molecular formula is C44H34O2. The first-order valence-electron chi connectivity index (χ1n) is 15.4. The Labute approximate surface area is 271 Å². The summed E-state index contributed by atoms with van der Waals surface area (Å²) in [7, 11) is 0. The predicted octanol–water partition coefficient (Wildman–Crippen LogP) is 7.78. The first-order valence-corrected chi connectivity index (χ1v) is 15.4. The van der Waals surface area contributed by atoms with Gasteiger partial charge in [0.05, 0.1) is 10.8 Å². The summed E-state index contributed by atoms with van der Waals surface area (Å²) < 4.78 is 0. The molecule has 6 rings (SSSR count). The van der Waals surface area contributed by atoms with Crippen molar-refractivity contribution in [2.45, 2.75) is 23.0 Å². The maximum atomic E-state index is 12.1. The Balaban J connectivity index is 1.48. The molecule has 2 nitrogen and oxygen atoms in total. The smallest absolute Gasteiger partial charge is 0.133 e. The fourth-order valence-electron chi connectivity index (χ4n) is 6.58. The Kier molecular flexibility index (Phi) is 9.24. The van der Waals surface area contributed by atoms with E-state index in [1.54, 1.807) is 0 Å². The van der Waals surface area contributed by atoms with Crippen molar-refractivity contribution in [3.8, 4) is 23.7 Å². The molecule has 0 aliphatic heterocycles. The molecule has 6 aromatic carbocycles. The van der Waals surface area contributed by atoms with Crippen LogP contribution >= 0.6 is 0 Å². The lowest BCUT2D eigenvalue weighted by atomic mass is 9.65. The van der Waals surface area contributed by atoms with Crippen LogP contribution in [-0.2, 0) is 10.8 Å². The fourth-order valence-corrected chi connectivity index (χ4v) is 6.58. The summed E-state index contributed by atoms with van der Waals surface area (Å²) in [4.78, 5) is 0. The summed E-state index contributed by atoms with van der Waals surface area (Å²) in [5.74, 6) is 12.0. The summed E-state index contributed by atoms with van der Waals surface area (Å²) in [6.45, 7) is 0. The molecule has 0 heterocycles.